The zero-order chi connectivity index (χ0) is 24.0. The number of aliphatic hydroxyl groups is 1. The van der Waals surface area contributed by atoms with Gasteiger partial charge in [-0.2, -0.15) is 0 Å². The van der Waals surface area contributed by atoms with Crippen molar-refractivity contribution in [2.45, 2.75) is 19.9 Å². The molecule has 0 radical (unpaired) electrons. The highest BCUT2D eigenvalue weighted by Gasteiger charge is 2.47. The molecule has 1 fully saturated rings. The summed E-state index contributed by atoms with van der Waals surface area (Å²) >= 11 is 0. The minimum absolute atomic E-state index is 0.0597. The van der Waals surface area contributed by atoms with E-state index in [1.165, 1.54) is 4.90 Å². The van der Waals surface area contributed by atoms with E-state index in [9.17, 15) is 14.7 Å². The Labute approximate surface area is 197 Å². The molecule has 1 amide bonds. The number of nitrogens with zero attached hydrogens (tertiary/aromatic N) is 1. The van der Waals surface area contributed by atoms with E-state index in [-0.39, 0.29) is 11.3 Å². The number of benzene rings is 3. The molecule has 6 heteroatoms. The third-order valence-corrected chi connectivity index (χ3v) is 6.33. The summed E-state index contributed by atoms with van der Waals surface area (Å²) in [5.41, 5.74) is 4.46. The van der Waals surface area contributed by atoms with Crippen molar-refractivity contribution in [2.75, 3.05) is 12.0 Å². The number of hydrogen-bond donors (Lipinski definition) is 2. The summed E-state index contributed by atoms with van der Waals surface area (Å²) in [5, 5.41) is 12.3. The van der Waals surface area contributed by atoms with E-state index in [0.717, 1.165) is 27.6 Å². The number of anilines is 1. The number of ketones is 1. The van der Waals surface area contributed by atoms with Crippen LogP contribution in [0.2, 0.25) is 0 Å². The summed E-state index contributed by atoms with van der Waals surface area (Å²) < 4.78 is 5.28. The van der Waals surface area contributed by atoms with Gasteiger partial charge in [0.05, 0.1) is 18.7 Å². The van der Waals surface area contributed by atoms with Crippen LogP contribution in [0.4, 0.5) is 5.69 Å². The van der Waals surface area contributed by atoms with E-state index in [4.69, 9.17) is 4.74 Å². The van der Waals surface area contributed by atoms with Gasteiger partial charge in [-0.15, -0.1) is 0 Å². The van der Waals surface area contributed by atoms with Gasteiger partial charge in [-0.1, -0.05) is 30.3 Å². The van der Waals surface area contributed by atoms with Crippen LogP contribution in [-0.4, -0.2) is 28.9 Å². The number of amides is 1. The fourth-order valence-electron chi connectivity index (χ4n) is 4.67. The van der Waals surface area contributed by atoms with E-state index in [2.05, 4.69) is 4.98 Å². The summed E-state index contributed by atoms with van der Waals surface area (Å²) in [6.07, 6.45) is 1.80. The normalized spacial score (nSPS) is 17.5. The Hall–Kier alpha value is -4.32. The Morgan fingerprint density at radius 2 is 1.79 bits per heavy atom. The molecule has 2 heterocycles. The van der Waals surface area contributed by atoms with Crippen LogP contribution in [0, 0.1) is 13.8 Å². The Kier molecular flexibility index (Phi) is 5.21. The molecule has 1 unspecified atom stereocenters. The molecule has 1 saturated heterocycles. The lowest BCUT2D eigenvalue weighted by atomic mass is 9.93. The molecule has 170 valence electrons. The van der Waals surface area contributed by atoms with Gasteiger partial charge in [-0.05, 0) is 61.4 Å². The first-order valence-corrected chi connectivity index (χ1v) is 11.0. The number of H-pyrrole nitrogens is 1. The minimum Gasteiger partial charge on any atom is -0.507 e. The van der Waals surface area contributed by atoms with Crippen molar-refractivity contribution in [1.29, 1.82) is 0 Å². The van der Waals surface area contributed by atoms with Gasteiger partial charge in [0.25, 0.3) is 11.7 Å². The minimum atomic E-state index is -0.792. The Morgan fingerprint density at radius 1 is 1.00 bits per heavy atom. The van der Waals surface area contributed by atoms with Crippen molar-refractivity contribution in [2.24, 2.45) is 0 Å². The first-order valence-electron chi connectivity index (χ1n) is 11.0. The van der Waals surface area contributed by atoms with Crippen molar-refractivity contribution in [3.63, 3.8) is 0 Å². The molecule has 34 heavy (non-hydrogen) atoms. The lowest BCUT2D eigenvalue weighted by Gasteiger charge is -2.25. The van der Waals surface area contributed by atoms with Gasteiger partial charge >= 0.3 is 0 Å². The van der Waals surface area contributed by atoms with E-state index >= 15 is 0 Å². The van der Waals surface area contributed by atoms with Crippen molar-refractivity contribution in [3.8, 4) is 5.75 Å². The number of fused-ring (bicyclic) bond motifs is 1. The standard InChI is InChI=1S/C28H24N2O4/c1-16-7-6-8-18(13-16)30-25(22-15-29-23-10-5-4-9-21(22)23)24(27(32)28(30)33)26(31)20-12-11-19(34-3)14-17(20)2/h4-15,25,29,31H,1-3H3/b26-24+. The second-order valence-corrected chi connectivity index (χ2v) is 8.48. The molecule has 1 aromatic heterocycles. The van der Waals surface area contributed by atoms with Crippen LogP contribution in [0.15, 0.2) is 78.5 Å². The van der Waals surface area contributed by atoms with Crippen LogP contribution < -0.4 is 9.64 Å². The molecule has 6 nitrogen and oxygen atoms in total. The number of aromatic amines is 1. The summed E-state index contributed by atoms with van der Waals surface area (Å²) in [7, 11) is 1.57. The quantitative estimate of drug-likeness (QED) is 0.246. The maximum Gasteiger partial charge on any atom is 0.300 e. The number of Topliss-reactive ketones (excluding diaryl/α,β-unsaturated/α-hetero) is 1. The summed E-state index contributed by atoms with van der Waals surface area (Å²) in [6, 6.07) is 19.6. The fraction of sp³-hybridized carbons (Fsp3) is 0.143. The summed E-state index contributed by atoms with van der Waals surface area (Å²) in [4.78, 5) is 31.5. The second-order valence-electron chi connectivity index (χ2n) is 8.48. The predicted molar refractivity (Wildman–Crippen MR) is 132 cm³/mol. The van der Waals surface area contributed by atoms with Gasteiger partial charge < -0.3 is 14.8 Å². The SMILES string of the molecule is COc1ccc(/C(O)=C2\C(=O)C(=O)N(c3cccc(C)c3)C2c2c[nH]c3ccccc23)c(C)c1. The number of aliphatic hydroxyl groups excluding tert-OH is 1. The van der Waals surface area contributed by atoms with Gasteiger partial charge in [-0.25, -0.2) is 0 Å². The van der Waals surface area contributed by atoms with Crippen LogP contribution in [0.1, 0.15) is 28.3 Å². The number of nitrogens with one attached hydrogen (secondary N) is 1. The maximum absolute atomic E-state index is 13.4. The molecule has 3 aromatic carbocycles. The number of para-hydroxylation sites is 1. The van der Waals surface area contributed by atoms with E-state index in [1.54, 1.807) is 37.6 Å². The molecule has 5 rings (SSSR count). The highest BCUT2D eigenvalue weighted by molar-refractivity contribution is 6.52. The molecular weight excluding hydrogens is 428 g/mol. The van der Waals surface area contributed by atoms with Gasteiger partial charge in [0, 0.05) is 33.9 Å². The zero-order valence-electron chi connectivity index (χ0n) is 19.1. The van der Waals surface area contributed by atoms with E-state index in [1.807, 2.05) is 56.3 Å². The number of ether oxygens (including phenoxy) is 1. The second kappa shape index (κ2) is 8.23. The number of hydrogen-bond acceptors (Lipinski definition) is 4. The number of methoxy groups -OCH3 is 1. The third kappa shape index (κ3) is 3.35. The van der Waals surface area contributed by atoms with E-state index in [0.29, 0.717) is 17.0 Å². The molecule has 1 aliphatic heterocycles. The Balaban J connectivity index is 1.78. The molecule has 1 atom stereocenters. The van der Waals surface area contributed by atoms with Crippen LogP contribution in [0.25, 0.3) is 16.7 Å². The molecule has 2 N–H and O–H groups in total. The molecular formula is C28H24N2O4. The summed E-state index contributed by atoms with van der Waals surface area (Å²) in [6.45, 7) is 3.76. The average Bonchev–Trinajstić information content (AvgIpc) is 3.37. The van der Waals surface area contributed by atoms with Crippen molar-refractivity contribution < 1.29 is 19.4 Å². The maximum atomic E-state index is 13.4. The number of carbonyl (C=O) groups is 2. The Bertz CT molecular complexity index is 1480. The number of carbonyl (C=O) groups excluding carboxylic acids is 2. The largest absolute Gasteiger partial charge is 0.507 e. The van der Waals surface area contributed by atoms with Crippen LogP contribution in [0.3, 0.4) is 0 Å². The van der Waals surface area contributed by atoms with Gasteiger partial charge in [0.2, 0.25) is 0 Å². The summed E-state index contributed by atoms with van der Waals surface area (Å²) in [5.74, 6) is -0.954. The van der Waals surface area contributed by atoms with Crippen molar-refractivity contribution in [1.82, 2.24) is 4.98 Å². The molecule has 4 aromatic rings. The first-order chi connectivity index (χ1) is 16.4. The first kappa shape index (κ1) is 21.5. The lowest BCUT2D eigenvalue weighted by Crippen LogP contribution is -2.29. The van der Waals surface area contributed by atoms with Gasteiger partial charge in [-0.3, -0.25) is 14.5 Å². The van der Waals surface area contributed by atoms with Gasteiger partial charge in [0.1, 0.15) is 11.5 Å². The molecule has 0 bridgehead atoms. The van der Waals surface area contributed by atoms with E-state index < -0.39 is 17.7 Å². The number of aromatic nitrogens is 1. The molecule has 0 spiro atoms. The smallest absolute Gasteiger partial charge is 0.300 e. The molecule has 1 aliphatic rings. The van der Waals surface area contributed by atoms with Crippen LogP contribution >= 0.6 is 0 Å². The Morgan fingerprint density at radius 3 is 2.53 bits per heavy atom. The number of rotatable bonds is 4. The predicted octanol–water partition coefficient (Wildman–Crippen LogP) is 5.42. The average molecular weight is 453 g/mol. The zero-order valence-corrected chi connectivity index (χ0v) is 19.1. The molecule has 0 saturated carbocycles. The highest BCUT2D eigenvalue weighted by atomic mass is 16.5. The highest BCUT2D eigenvalue weighted by Crippen LogP contribution is 2.44. The van der Waals surface area contributed by atoms with Gasteiger partial charge in [0.15, 0.2) is 0 Å². The topological polar surface area (TPSA) is 82.6 Å². The van der Waals surface area contributed by atoms with Crippen molar-refractivity contribution >= 4 is 34.0 Å². The van der Waals surface area contributed by atoms with Crippen molar-refractivity contribution in [3.05, 3.63) is 101 Å². The van der Waals surface area contributed by atoms with Crippen LogP contribution in [0.5, 0.6) is 5.75 Å². The lowest BCUT2D eigenvalue weighted by molar-refractivity contribution is -0.132. The fourth-order valence-corrected chi connectivity index (χ4v) is 4.67. The number of aryl methyl sites for hydroxylation is 2. The van der Waals surface area contributed by atoms with Crippen LogP contribution in [-0.2, 0) is 9.59 Å². The molecule has 0 aliphatic carbocycles. The third-order valence-electron chi connectivity index (χ3n) is 6.33. The monoisotopic (exact) mass is 452 g/mol.